The summed E-state index contributed by atoms with van der Waals surface area (Å²) < 4.78 is 5.97. The molecule has 1 heterocycles. The Morgan fingerprint density at radius 3 is 2.67 bits per heavy atom. The zero-order chi connectivity index (χ0) is 15.2. The van der Waals surface area contributed by atoms with Gasteiger partial charge in [0, 0.05) is 19.0 Å². The van der Waals surface area contributed by atoms with Crippen LogP contribution in [0.3, 0.4) is 0 Å². The standard InChI is InChI=1S/C17H23N3O/c1-5-8-15-19-16(18-6-2)11-17(20-15)21-14-10-7-9-12(3)13(14)4/h7,9-11H,5-6,8H2,1-4H3,(H,18,19,20). The second-order valence-electron chi connectivity index (χ2n) is 5.09. The van der Waals surface area contributed by atoms with Gasteiger partial charge in [-0.2, -0.15) is 4.98 Å². The van der Waals surface area contributed by atoms with Crippen molar-refractivity contribution in [3.05, 3.63) is 41.2 Å². The van der Waals surface area contributed by atoms with E-state index in [9.17, 15) is 0 Å². The molecule has 1 N–H and O–H groups in total. The highest BCUT2D eigenvalue weighted by atomic mass is 16.5. The van der Waals surface area contributed by atoms with Crippen LogP contribution in [0, 0.1) is 13.8 Å². The molecule has 21 heavy (non-hydrogen) atoms. The molecule has 1 aromatic heterocycles. The first-order valence-corrected chi connectivity index (χ1v) is 7.50. The number of benzene rings is 1. The molecule has 0 atom stereocenters. The molecule has 0 bridgehead atoms. The fourth-order valence-electron chi connectivity index (χ4n) is 2.08. The normalized spacial score (nSPS) is 10.5. The third-order valence-electron chi connectivity index (χ3n) is 3.35. The van der Waals surface area contributed by atoms with Crippen LogP contribution in [0.1, 0.15) is 37.2 Å². The van der Waals surface area contributed by atoms with Gasteiger partial charge in [0.1, 0.15) is 17.4 Å². The predicted molar refractivity (Wildman–Crippen MR) is 86.2 cm³/mol. The summed E-state index contributed by atoms with van der Waals surface area (Å²) in [7, 11) is 0. The maximum absolute atomic E-state index is 5.97. The molecule has 4 nitrogen and oxygen atoms in total. The monoisotopic (exact) mass is 285 g/mol. The van der Waals surface area contributed by atoms with E-state index >= 15 is 0 Å². The van der Waals surface area contributed by atoms with Gasteiger partial charge in [0.15, 0.2) is 0 Å². The maximum atomic E-state index is 5.97. The fraction of sp³-hybridized carbons (Fsp3) is 0.412. The van der Waals surface area contributed by atoms with Crippen molar-refractivity contribution in [1.82, 2.24) is 9.97 Å². The highest BCUT2D eigenvalue weighted by Gasteiger charge is 2.08. The molecule has 2 rings (SSSR count). The van der Waals surface area contributed by atoms with Crippen molar-refractivity contribution in [3.8, 4) is 11.6 Å². The fourth-order valence-corrected chi connectivity index (χ4v) is 2.08. The molecule has 0 aliphatic rings. The van der Waals surface area contributed by atoms with Gasteiger partial charge in [0.05, 0.1) is 0 Å². The van der Waals surface area contributed by atoms with Crippen LogP contribution in [0.15, 0.2) is 24.3 Å². The van der Waals surface area contributed by atoms with Gasteiger partial charge in [-0.1, -0.05) is 19.1 Å². The number of ether oxygens (including phenoxy) is 1. The Kier molecular flexibility index (Phi) is 5.14. The van der Waals surface area contributed by atoms with Crippen LogP contribution >= 0.6 is 0 Å². The highest BCUT2D eigenvalue weighted by molar-refractivity contribution is 5.43. The molecule has 0 radical (unpaired) electrons. The van der Waals surface area contributed by atoms with Crippen LogP contribution in [-0.2, 0) is 6.42 Å². The Morgan fingerprint density at radius 1 is 1.14 bits per heavy atom. The summed E-state index contributed by atoms with van der Waals surface area (Å²) in [5.74, 6) is 3.07. The van der Waals surface area contributed by atoms with E-state index in [0.29, 0.717) is 5.88 Å². The quantitative estimate of drug-likeness (QED) is 0.861. The smallest absolute Gasteiger partial charge is 0.224 e. The second kappa shape index (κ2) is 7.07. The van der Waals surface area contributed by atoms with Gasteiger partial charge in [-0.15, -0.1) is 0 Å². The average Bonchev–Trinajstić information content (AvgIpc) is 2.44. The number of anilines is 1. The van der Waals surface area contributed by atoms with Crippen LogP contribution in [0.5, 0.6) is 11.6 Å². The molecule has 0 amide bonds. The SMILES string of the molecule is CCCc1nc(NCC)cc(Oc2cccc(C)c2C)n1. The molecule has 0 unspecified atom stereocenters. The average molecular weight is 285 g/mol. The van der Waals surface area contributed by atoms with Crippen molar-refractivity contribution in [3.63, 3.8) is 0 Å². The number of nitrogens with one attached hydrogen (secondary N) is 1. The van der Waals surface area contributed by atoms with Crippen molar-refractivity contribution in [2.24, 2.45) is 0 Å². The lowest BCUT2D eigenvalue weighted by atomic mass is 10.1. The van der Waals surface area contributed by atoms with E-state index in [4.69, 9.17) is 4.74 Å². The van der Waals surface area contributed by atoms with Crippen LogP contribution in [0.2, 0.25) is 0 Å². The van der Waals surface area contributed by atoms with Crippen molar-refractivity contribution in [1.29, 1.82) is 0 Å². The van der Waals surface area contributed by atoms with Gasteiger partial charge in [0.25, 0.3) is 0 Å². The number of hydrogen-bond acceptors (Lipinski definition) is 4. The maximum Gasteiger partial charge on any atom is 0.224 e. The highest BCUT2D eigenvalue weighted by Crippen LogP contribution is 2.27. The summed E-state index contributed by atoms with van der Waals surface area (Å²) in [5.41, 5.74) is 2.35. The molecule has 2 aromatic rings. The Hall–Kier alpha value is -2.10. The summed E-state index contributed by atoms with van der Waals surface area (Å²) in [5, 5.41) is 3.23. The van der Waals surface area contributed by atoms with E-state index in [0.717, 1.165) is 42.3 Å². The molecule has 0 saturated heterocycles. The summed E-state index contributed by atoms with van der Waals surface area (Å²) in [6.45, 7) is 9.13. The lowest BCUT2D eigenvalue weighted by Gasteiger charge is -2.12. The zero-order valence-electron chi connectivity index (χ0n) is 13.2. The molecule has 112 valence electrons. The molecule has 0 saturated carbocycles. The topological polar surface area (TPSA) is 47.0 Å². The number of aromatic nitrogens is 2. The van der Waals surface area contributed by atoms with Gasteiger partial charge in [-0.3, -0.25) is 0 Å². The number of rotatable bonds is 6. The van der Waals surface area contributed by atoms with Crippen LogP contribution in [-0.4, -0.2) is 16.5 Å². The summed E-state index contributed by atoms with van der Waals surface area (Å²) in [6.07, 6.45) is 1.86. The largest absolute Gasteiger partial charge is 0.439 e. The van der Waals surface area contributed by atoms with Gasteiger partial charge >= 0.3 is 0 Å². The third kappa shape index (κ3) is 3.94. The lowest BCUT2D eigenvalue weighted by Crippen LogP contribution is -2.05. The molecular formula is C17H23N3O. The van der Waals surface area contributed by atoms with Crippen molar-refractivity contribution in [2.75, 3.05) is 11.9 Å². The Bertz CT molecular complexity index is 587. The van der Waals surface area contributed by atoms with E-state index in [1.807, 2.05) is 25.1 Å². The number of aryl methyl sites for hydroxylation is 2. The third-order valence-corrected chi connectivity index (χ3v) is 3.35. The predicted octanol–water partition coefficient (Wildman–Crippen LogP) is 4.27. The molecule has 0 spiro atoms. The minimum absolute atomic E-state index is 0.595. The van der Waals surface area contributed by atoms with E-state index < -0.39 is 0 Å². The molecule has 4 heteroatoms. The molecule has 0 aliphatic heterocycles. The number of hydrogen-bond donors (Lipinski definition) is 1. The lowest BCUT2D eigenvalue weighted by molar-refractivity contribution is 0.455. The molecule has 0 aliphatic carbocycles. The molecule has 1 aromatic carbocycles. The summed E-state index contributed by atoms with van der Waals surface area (Å²) in [6, 6.07) is 7.90. The van der Waals surface area contributed by atoms with E-state index in [-0.39, 0.29) is 0 Å². The van der Waals surface area contributed by atoms with E-state index in [2.05, 4.69) is 42.1 Å². The first-order valence-electron chi connectivity index (χ1n) is 7.50. The van der Waals surface area contributed by atoms with Crippen LogP contribution < -0.4 is 10.1 Å². The van der Waals surface area contributed by atoms with Crippen molar-refractivity contribution in [2.45, 2.75) is 40.5 Å². The Labute approximate surface area is 126 Å². The summed E-state index contributed by atoms with van der Waals surface area (Å²) in [4.78, 5) is 8.99. The van der Waals surface area contributed by atoms with E-state index in [1.54, 1.807) is 0 Å². The van der Waals surface area contributed by atoms with Crippen LogP contribution in [0.25, 0.3) is 0 Å². The number of nitrogens with zero attached hydrogens (tertiary/aromatic N) is 2. The summed E-state index contributed by atoms with van der Waals surface area (Å²) >= 11 is 0. The minimum atomic E-state index is 0.595. The van der Waals surface area contributed by atoms with Gasteiger partial charge in [-0.25, -0.2) is 4.98 Å². The van der Waals surface area contributed by atoms with Gasteiger partial charge in [0.2, 0.25) is 5.88 Å². The first kappa shape index (κ1) is 15.3. The van der Waals surface area contributed by atoms with Crippen LogP contribution in [0.4, 0.5) is 5.82 Å². The second-order valence-corrected chi connectivity index (χ2v) is 5.09. The molecule has 0 fully saturated rings. The van der Waals surface area contributed by atoms with Crippen molar-refractivity contribution >= 4 is 5.82 Å². The van der Waals surface area contributed by atoms with E-state index in [1.165, 1.54) is 5.56 Å². The van der Waals surface area contributed by atoms with Gasteiger partial charge < -0.3 is 10.1 Å². The minimum Gasteiger partial charge on any atom is -0.439 e. The first-order chi connectivity index (χ1) is 10.1. The molecular weight excluding hydrogens is 262 g/mol. The zero-order valence-corrected chi connectivity index (χ0v) is 13.2. The van der Waals surface area contributed by atoms with Crippen molar-refractivity contribution < 1.29 is 4.74 Å². The Balaban J connectivity index is 2.31. The van der Waals surface area contributed by atoms with Gasteiger partial charge in [-0.05, 0) is 44.4 Å². The Morgan fingerprint density at radius 2 is 1.95 bits per heavy atom.